The average molecular weight is 231 g/mol. The van der Waals surface area contributed by atoms with Crippen LogP contribution in [0.15, 0.2) is 24.3 Å². The molecule has 2 rings (SSSR count). The second-order valence-corrected chi connectivity index (χ2v) is 4.80. The van der Waals surface area contributed by atoms with Crippen molar-refractivity contribution in [1.29, 1.82) is 0 Å². The fourth-order valence-electron chi connectivity index (χ4n) is 2.08. The summed E-state index contributed by atoms with van der Waals surface area (Å²) in [5.41, 5.74) is 4.81. The first-order chi connectivity index (χ1) is 7.63. The number of rotatable bonds is 2. The third kappa shape index (κ3) is 1.94. The van der Waals surface area contributed by atoms with Crippen molar-refractivity contribution in [1.82, 2.24) is 4.98 Å². The van der Waals surface area contributed by atoms with E-state index in [0.717, 1.165) is 17.0 Å². The Morgan fingerprint density at radius 2 is 2.06 bits per heavy atom. The van der Waals surface area contributed by atoms with Gasteiger partial charge in [0.05, 0.1) is 5.52 Å². The molecule has 1 heterocycles. The first kappa shape index (κ1) is 11.5. The molecule has 0 aliphatic rings. The summed E-state index contributed by atoms with van der Waals surface area (Å²) in [6, 6.07) is 8.54. The average Bonchev–Trinajstić information content (AvgIpc) is 2.26. The van der Waals surface area contributed by atoms with E-state index in [0.29, 0.717) is 5.92 Å². The number of aryl methyl sites for hydroxylation is 1. The predicted octanol–water partition coefficient (Wildman–Crippen LogP) is 4.10. The number of benzene rings is 1. The lowest BCUT2D eigenvalue weighted by Gasteiger charge is -2.12. The highest BCUT2D eigenvalue weighted by atomic mass is 32.1. The Morgan fingerprint density at radius 3 is 2.69 bits per heavy atom. The highest BCUT2D eigenvalue weighted by molar-refractivity contribution is 7.79. The monoisotopic (exact) mass is 231 g/mol. The van der Waals surface area contributed by atoms with E-state index in [1.54, 1.807) is 0 Å². The van der Waals surface area contributed by atoms with Gasteiger partial charge in [-0.1, -0.05) is 32.0 Å². The summed E-state index contributed by atoms with van der Waals surface area (Å²) < 4.78 is 0. The zero-order valence-electron chi connectivity index (χ0n) is 9.99. The highest BCUT2D eigenvalue weighted by Gasteiger charge is 2.09. The molecular weight excluding hydrogens is 214 g/mol. The molecule has 0 atom stereocenters. The molecule has 0 saturated heterocycles. The molecule has 0 aliphatic heterocycles. The van der Waals surface area contributed by atoms with Crippen LogP contribution in [0.2, 0.25) is 0 Å². The molecule has 2 heteroatoms. The van der Waals surface area contributed by atoms with Crippen LogP contribution in [0.3, 0.4) is 0 Å². The lowest BCUT2D eigenvalue weighted by atomic mass is 9.97. The van der Waals surface area contributed by atoms with Gasteiger partial charge < -0.3 is 0 Å². The molecule has 0 radical (unpaired) electrons. The summed E-state index contributed by atoms with van der Waals surface area (Å²) in [6.45, 7) is 6.46. The Morgan fingerprint density at radius 1 is 1.31 bits per heavy atom. The van der Waals surface area contributed by atoms with Crippen molar-refractivity contribution in [3.63, 3.8) is 0 Å². The van der Waals surface area contributed by atoms with Crippen LogP contribution < -0.4 is 0 Å². The van der Waals surface area contributed by atoms with Gasteiger partial charge in [-0.2, -0.15) is 12.6 Å². The molecule has 1 aromatic carbocycles. The molecule has 84 valence electrons. The minimum absolute atomic E-state index is 0.505. The van der Waals surface area contributed by atoms with Gasteiger partial charge in [-0.05, 0) is 30.0 Å². The first-order valence-electron chi connectivity index (χ1n) is 5.63. The number of thiol groups is 1. The van der Waals surface area contributed by atoms with Gasteiger partial charge in [-0.3, -0.25) is 4.98 Å². The maximum atomic E-state index is 4.67. The summed E-state index contributed by atoms with van der Waals surface area (Å²) in [6.07, 6.45) is 0. The van der Waals surface area contributed by atoms with E-state index >= 15 is 0 Å². The Bertz CT molecular complexity index is 517. The first-order valence-corrected chi connectivity index (χ1v) is 6.26. The van der Waals surface area contributed by atoms with E-state index in [1.807, 2.05) is 6.92 Å². The third-order valence-corrected chi connectivity index (χ3v) is 3.22. The molecular formula is C14H17NS. The van der Waals surface area contributed by atoms with Crippen LogP contribution in [0.5, 0.6) is 0 Å². The van der Waals surface area contributed by atoms with Gasteiger partial charge in [0.25, 0.3) is 0 Å². The van der Waals surface area contributed by atoms with Crippen molar-refractivity contribution >= 4 is 23.5 Å². The number of para-hydroxylation sites is 1. The van der Waals surface area contributed by atoms with E-state index in [-0.39, 0.29) is 0 Å². The van der Waals surface area contributed by atoms with E-state index in [2.05, 4.69) is 55.7 Å². The smallest absolute Gasteiger partial charge is 0.0742 e. The Kier molecular flexibility index (Phi) is 3.20. The maximum Gasteiger partial charge on any atom is 0.0742 e. The van der Waals surface area contributed by atoms with E-state index in [9.17, 15) is 0 Å². The summed E-state index contributed by atoms with van der Waals surface area (Å²) >= 11 is 4.39. The summed E-state index contributed by atoms with van der Waals surface area (Å²) in [7, 11) is 0. The zero-order chi connectivity index (χ0) is 11.7. The molecule has 2 aromatic rings. The van der Waals surface area contributed by atoms with Gasteiger partial charge >= 0.3 is 0 Å². The Hall–Kier alpha value is -1.02. The fraction of sp³-hybridized carbons (Fsp3) is 0.357. The van der Waals surface area contributed by atoms with Crippen LogP contribution in [0.25, 0.3) is 10.9 Å². The highest BCUT2D eigenvalue weighted by Crippen LogP contribution is 2.27. The zero-order valence-corrected chi connectivity index (χ0v) is 10.9. The van der Waals surface area contributed by atoms with Gasteiger partial charge in [0.2, 0.25) is 0 Å². The summed E-state index contributed by atoms with van der Waals surface area (Å²) in [5, 5.41) is 1.24. The predicted molar refractivity (Wildman–Crippen MR) is 73.3 cm³/mol. The number of pyridine rings is 1. The molecule has 0 N–H and O–H groups in total. The molecule has 1 aromatic heterocycles. The van der Waals surface area contributed by atoms with Crippen molar-refractivity contribution in [3.05, 3.63) is 41.1 Å². The van der Waals surface area contributed by atoms with Crippen molar-refractivity contribution in [2.45, 2.75) is 32.4 Å². The lowest BCUT2D eigenvalue weighted by molar-refractivity contribution is 0.872. The van der Waals surface area contributed by atoms with E-state index < -0.39 is 0 Å². The van der Waals surface area contributed by atoms with Crippen molar-refractivity contribution in [2.75, 3.05) is 0 Å². The van der Waals surface area contributed by atoms with Crippen LogP contribution >= 0.6 is 12.6 Å². The number of aromatic nitrogens is 1. The number of hydrogen-bond donors (Lipinski definition) is 1. The van der Waals surface area contributed by atoms with Gasteiger partial charge in [0, 0.05) is 16.8 Å². The van der Waals surface area contributed by atoms with E-state index in [4.69, 9.17) is 0 Å². The molecule has 1 nitrogen and oxygen atoms in total. The topological polar surface area (TPSA) is 12.9 Å². The standard InChI is InChI=1S/C14H17NS/c1-9(2)12-5-4-6-13-11(8-16)7-10(3)15-14(12)13/h4-7,9,16H,8H2,1-3H3. The van der Waals surface area contributed by atoms with Gasteiger partial charge in [-0.15, -0.1) is 0 Å². The Labute approximate surface area is 102 Å². The van der Waals surface area contributed by atoms with E-state index in [1.165, 1.54) is 16.5 Å². The quantitative estimate of drug-likeness (QED) is 0.768. The molecule has 0 unspecified atom stereocenters. The number of nitrogens with zero attached hydrogens (tertiary/aromatic N) is 1. The largest absolute Gasteiger partial charge is 0.253 e. The second kappa shape index (κ2) is 4.46. The van der Waals surface area contributed by atoms with Crippen molar-refractivity contribution < 1.29 is 0 Å². The van der Waals surface area contributed by atoms with Crippen molar-refractivity contribution in [2.24, 2.45) is 0 Å². The molecule has 0 spiro atoms. The van der Waals surface area contributed by atoms with Crippen LogP contribution in [-0.2, 0) is 5.75 Å². The minimum Gasteiger partial charge on any atom is -0.253 e. The second-order valence-electron chi connectivity index (χ2n) is 4.48. The fourth-order valence-corrected chi connectivity index (χ4v) is 2.34. The molecule has 0 aliphatic carbocycles. The minimum atomic E-state index is 0.505. The lowest BCUT2D eigenvalue weighted by Crippen LogP contribution is -1.96. The van der Waals surface area contributed by atoms with Gasteiger partial charge in [0.15, 0.2) is 0 Å². The maximum absolute atomic E-state index is 4.67. The normalized spacial score (nSPS) is 11.3. The number of fused-ring (bicyclic) bond motifs is 1. The van der Waals surface area contributed by atoms with Gasteiger partial charge in [-0.25, -0.2) is 0 Å². The third-order valence-electron chi connectivity index (χ3n) is 2.88. The Balaban J connectivity index is 2.82. The summed E-state index contributed by atoms with van der Waals surface area (Å²) in [5.74, 6) is 1.27. The molecule has 0 bridgehead atoms. The number of hydrogen-bond acceptors (Lipinski definition) is 2. The van der Waals surface area contributed by atoms with Crippen LogP contribution in [0, 0.1) is 6.92 Å². The van der Waals surface area contributed by atoms with Crippen LogP contribution in [-0.4, -0.2) is 4.98 Å². The van der Waals surface area contributed by atoms with Crippen molar-refractivity contribution in [3.8, 4) is 0 Å². The molecule has 0 amide bonds. The summed E-state index contributed by atoms with van der Waals surface area (Å²) in [4.78, 5) is 4.67. The molecule has 16 heavy (non-hydrogen) atoms. The molecule has 0 saturated carbocycles. The molecule has 0 fully saturated rings. The SMILES string of the molecule is Cc1cc(CS)c2cccc(C(C)C)c2n1. The van der Waals surface area contributed by atoms with Gasteiger partial charge in [0.1, 0.15) is 0 Å². The van der Waals surface area contributed by atoms with Crippen LogP contribution in [0.4, 0.5) is 0 Å². The van der Waals surface area contributed by atoms with Crippen LogP contribution in [0.1, 0.15) is 36.6 Å².